The fourth-order valence-electron chi connectivity index (χ4n) is 5.52. The molecule has 106 valence electrons. The molecule has 0 radical (unpaired) electrons. The van der Waals surface area contributed by atoms with Crippen molar-refractivity contribution in [2.45, 2.75) is 43.9 Å². The summed E-state index contributed by atoms with van der Waals surface area (Å²) in [4.78, 5) is 0. The molecule has 1 aromatic carbocycles. The number of hydrogen-bond acceptors (Lipinski definition) is 0. The number of halogens is 2. The Morgan fingerprint density at radius 1 is 1.00 bits per heavy atom. The minimum Gasteiger partial charge on any atom is -0.216 e. The second-order valence-corrected chi connectivity index (χ2v) is 7.23. The van der Waals surface area contributed by atoms with Gasteiger partial charge in [0.2, 0.25) is 0 Å². The van der Waals surface area contributed by atoms with Crippen molar-refractivity contribution in [1.82, 2.24) is 0 Å². The summed E-state index contributed by atoms with van der Waals surface area (Å²) in [6.07, 6.45) is 9.48. The average molecular weight is 274 g/mol. The molecule has 2 heteroatoms. The standard InChI is InChI=1S/C18H20F2/c19-4-3-15-1-2-16(8-17(15)20)18-9-12-5-13(10-18)7-14(6-12)11-18/h1-4,8,12-14H,5-7,9-11H2/b4-3-. The zero-order valence-corrected chi connectivity index (χ0v) is 11.6. The predicted octanol–water partition coefficient (Wildman–Crippen LogP) is 5.23. The molecule has 5 rings (SSSR count). The van der Waals surface area contributed by atoms with Crippen LogP contribution in [0.3, 0.4) is 0 Å². The fourth-order valence-corrected chi connectivity index (χ4v) is 5.52. The highest BCUT2D eigenvalue weighted by Gasteiger charge is 2.51. The first-order chi connectivity index (χ1) is 9.68. The Kier molecular flexibility index (Phi) is 2.77. The molecule has 4 aliphatic rings. The molecule has 0 N–H and O–H groups in total. The van der Waals surface area contributed by atoms with Crippen LogP contribution in [-0.2, 0) is 5.41 Å². The molecular formula is C18H20F2. The predicted molar refractivity (Wildman–Crippen MR) is 76.4 cm³/mol. The molecule has 0 heterocycles. The maximum absolute atomic E-state index is 14.1. The van der Waals surface area contributed by atoms with Crippen LogP contribution >= 0.6 is 0 Å². The van der Waals surface area contributed by atoms with Gasteiger partial charge in [0.15, 0.2) is 0 Å². The smallest absolute Gasteiger partial charge is 0.130 e. The molecule has 4 fully saturated rings. The topological polar surface area (TPSA) is 0 Å². The van der Waals surface area contributed by atoms with Crippen molar-refractivity contribution in [2.75, 3.05) is 0 Å². The van der Waals surface area contributed by atoms with E-state index in [9.17, 15) is 8.78 Å². The first kappa shape index (κ1) is 12.6. The van der Waals surface area contributed by atoms with Crippen LogP contribution in [0.4, 0.5) is 8.78 Å². The first-order valence-corrected chi connectivity index (χ1v) is 7.75. The second-order valence-electron chi connectivity index (χ2n) is 7.23. The van der Waals surface area contributed by atoms with Crippen LogP contribution in [0.1, 0.15) is 49.7 Å². The van der Waals surface area contributed by atoms with Crippen LogP contribution < -0.4 is 0 Å². The Bertz CT molecular complexity index is 523. The molecule has 0 saturated heterocycles. The van der Waals surface area contributed by atoms with Gasteiger partial charge in [-0.3, -0.25) is 0 Å². The largest absolute Gasteiger partial charge is 0.216 e. The third kappa shape index (κ3) is 1.84. The lowest BCUT2D eigenvalue weighted by molar-refractivity contribution is -0.00531. The summed E-state index contributed by atoms with van der Waals surface area (Å²) >= 11 is 0. The Hall–Kier alpha value is -1.18. The van der Waals surface area contributed by atoms with Crippen LogP contribution in [0, 0.1) is 23.6 Å². The normalized spacial score (nSPS) is 38.8. The van der Waals surface area contributed by atoms with E-state index in [-0.39, 0.29) is 11.2 Å². The second kappa shape index (κ2) is 4.41. The van der Waals surface area contributed by atoms with Gasteiger partial charge in [0.05, 0.1) is 6.33 Å². The minimum atomic E-state index is -0.285. The quantitative estimate of drug-likeness (QED) is 0.692. The lowest BCUT2D eigenvalue weighted by Gasteiger charge is -2.57. The number of hydrogen-bond donors (Lipinski definition) is 0. The van der Waals surface area contributed by atoms with Crippen molar-refractivity contribution in [3.63, 3.8) is 0 Å². The summed E-state index contributed by atoms with van der Waals surface area (Å²) in [5.41, 5.74) is 1.72. The molecule has 4 bridgehead atoms. The van der Waals surface area contributed by atoms with E-state index in [1.54, 1.807) is 12.1 Å². The maximum Gasteiger partial charge on any atom is 0.130 e. The van der Waals surface area contributed by atoms with Gasteiger partial charge in [-0.1, -0.05) is 12.1 Å². The van der Waals surface area contributed by atoms with Crippen LogP contribution in [0.2, 0.25) is 0 Å². The number of rotatable bonds is 2. The molecule has 0 unspecified atom stereocenters. The third-order valence-corrected chi connectivity index (χ3v) is 5.89. The Balaban J connectivity index is 1.72. The van der Waals surface area contributed by atoms with Gasteiger partial charge in [-0.2, -0.15) is 0 Å². The van der Waals surface area contributed by atoms with Gasteiger partial charge in [0.25, 0.3) is 0 Å². The lowest BCUT2D eigenvalue weighted by Crippen LogP contribution is -2.48. The van der Waals surface area contributed by atoms with E-state index in [1.807, 2.05) is 6.07 Å². The van der Waals surface area contributed by atoms with Crippen molar-refractivity contribution in [2.24, 2.45) is 17.8 Å². The maximum atomic E-state index is 14.1. The molecule has 0 aliphatic heterocycles. The van der Waals surface area contributed by atoms with Gasteiger partial charge in [-0.15, -0.1) is 0 Å². The highest BCUT2D eigenvalue weighted by molar-refractivity contribution is 5.50. The average Bonchev–Trinajstić information content (AvgIpc) is 2.39. The van der Waals surface area contributed by atoms with E-state index in [1.165, 1.54) is 44.6 Å². The zero-order chi connectivity index (χ0) is 13.7. The summed E-state index contributed by atoms with van der Waals surface area (Å²) in [7, 11) is 0. The van der Waals surface area contributed by atoms with Gasteiger partial charge in [-0.05, 0) is 79.4 Å². The van der Waals surface area contributed by atoms with E-state index >= 15 is 0 Å². The van der Waals surface area contributed by atoms with Crippen molar-refractivity contribution in [3.05, 3.63) is 41.5 Å². The molecule has 0 amide bonds. The van der Waals surface area contributed by atoms with Crippen molar-refractivity contribution in [3.8, 4) is 0 Å². The molecule has 20 heavy (non-hydrogen) atoms. The first-order valence-electron chi connectivity index (χ1n) is 7.75. The molecule has 1 aromatic rings. The van der Waals surface area contributed by atoms with E-state index in [0.717, 1.165) is 23.3 Å². The van der Waals surface area contributed by atoms with Crippen LogP contribution in [0.5, 0.6) is 0 Å². The fraction of sp³-hybridized carbons (Fsp3) is 0.556. The summed E-state index contributed by atoms with van der Waals surface area (Å²) in [6, 6.07) is 5.44. The Morgan fingerprint density at radius 2 is 1.60 bits per heavy atom. The summed E-state index contributed by atoms with van der Waals surface area (Å²) in [5, 5.41) is 0. The summed E-state index contributed by atoms with van der Waals surface area (Å²) < 4.78 is 26.3. The highest BCUT2D eigenvalue weighted by Crippen LogP contribution is 2.60. The molecular weight excluding hydrogens is 254 g/mol. The molecule has 0 aromatic heterocycles. The van der Waals surface area contributed by atoms with Crippen LogP contribution in [0.25, 0.3) is 6.08 Å². The van der Waals surface area contributed by atoms with Crippen molar-refractivity contribution >= 4 is 6.08 Å². The van der Waals surface area contributed by atoms with E-state index in [2.05, 4.69) is 0 Å². The van der Waals surface area contributed by atoms with Gasteiger partial charge >= 0.3 is 0 Å². The van der Waals surface area contributed by atoms with Crippen LogP contribution in [-0.4, -0.2) is 0 Å². The SMILES string of the molecule is F/C=C\c1ccc(C23CC4CC(CC(C4)C2)C3)cc1F. The molecule has 0 atom stereocenters. The molecule has 4 saturated carbocycles. The van der Waals surface area contributed by atoms with Crippen molar-refractivity contribution in [1.29, 1.82) is 0 Å². The highest BCUT2D eigenvalue weighted by atomic mass is 19.1. The van der Waals surface area contributed by atoms with Gasteiger partial charge in [0.1, 0.15) is 5.82 Å². The Morgan fingerprint density at radius 3 is 2.10 bits per heavy atom. The monoisotopic (exact) mass is 274 g/mol. The molecule has 0 nitrogen and oxygen atoms in total. The van der Waals surface area contributed by atoms with Gasteiger partial charge in [-0.25, -0.2) is 8.78 Å². The summed E-state index contributed by atoms with van der Waals surface area (Å²) in [5.74, 6) is 2.28. The van der Waals surface area contributed by atoms with Crippen molar-refractivity contribution < 1.29 is 8.78 Å². The third-order valence-electron chi connectivity index (χ3n) is 5.89. The number of benzene rings is 1. The zero-order valence-electron chi connectivity index (χ0n) is 11.6. The van der Waals surface area contributed by atoms with E-state index in [0.29, 0.717) is 11.9 Å². The van der Waals surface area contributed by atoms with Gasteiger partial charge < -0.3 is 0 Å². The van der Waals surface area contributed by atoms with E-state index in [4.69, 9.17) is 0 Å². The lowest BCUT2D eigenvalue weighted by atomic mass is 9.48. The molecule has 4 aliphatic carbocycles. The van der Waals surface area contributed by atoms with Gasteiger partial charge in [0, 0.05) is 5.56 Å². The Labute approximate surface area is 118 Å². The van der Waals surface area contributed by atoms with Crippen LogP contribution in [0.15, 0.2) is 24.5 Å². The summed E-state index contributed by atoms with van der Waals surface area (Å²) in [6.45, 7) is 0. The molecule has 0 spiro atoms. The van der Waals surface area contributed by atoms with E-state index < -0.39 is 0 Å². The minimum absolute atomic E-state index is 0.216.